The number of rotatable bonds is 15. The predicted molar refractivity (Wildman–Crippen MR) is 108 cm³/mol. The van der Waals surface area contributed by atoms with Crippen LogP contribution in [-0.4, -0.2) is 31.5 Å². The fraction of sp³-hybridized carbons (Fsp3) is 1.00. The van der Waals surface area contributed by atoms with E-state index in [-0.39, 0.29) is 5.48 Å². The highest BCUT2D eigenvalue weighted by Crippen LogP contribution is 2.13. The molecule has 0 heterocycles. The van der Waals surface area contributed by atoms with Crippen LogP contribution in [-0.2, 0) is 0 Å². The van der Waals surface area contributed by atoms with Gasteiger partial charge >= 0.3 is 0 Å². The third kappa shape index (κ3) is 39.1. The van der Waals surface area contributed by atoms with Crippen molar-refractivity contribution >= 4 is 0 Å². The summed E-state index contributed by atoms with van der Waals surface area (Å²) in [7, 11) is 6.00. The molecule has 0 aromatic rings. The molecule has 0 saturated heterocycles. The zero-order valence-corrected chi connectivity index (χ0v) is 17.3. The standard InChI is InChI=1S/C18H38.C3H9N.H2O/c1-3-5-7-9-11-13-15-17-18-16-14-12-10-8-6-4-2;1-4(2)3;/h3-18H2,1-2H3;1-3H3;1H2. The van der Waals surface area contributed by atoms with Gasteiger partial charge in [0.05, 0.1) is 0 Å². The normalized spacial score (nSPS) is 10.2. The molecule has 0 fully saturated rings. The Morgan fingerprint density at radius 1 is 0.391 bits per heavy atom. The molecule has 0 aliphatic heterocycles. The summed E-state index contributed by atoms with van der Waals surface area (Å²) in [6.07, 6.45) is 23.4. The molecular weight excluding hydrogens is 282 g/mol. The van der Waals surface area contributed by atoms with E-state index in [0.717, 1.165) is 0 Å². The van der Waals surface area contributed by atoms with Crippen LogP contribution in [0.25, 0.3) is 0 Å². The average Bonchev–Trinajstić information content (AvgIpc) is 2.47. The SMILES string of the molecule is CCCCCCCCCCCCCCCCCC.CN(C)C.O. The van der Waals surface area contributed by atoms with Crippen LogP contribution in [0.2, 0.25) is 0 Å². The molecule has 0 bridgehead atoms. The van der Waals surface area contributed by atoms with Gasteiger partial charge in [0.1, 0.15) is 0 Å². The van der Waals surface area contributed by atoms with Crippen molar-refractivity contribution in [2.24, 2.45) is 0 Å². The van der Waals surface area contributed by atoms with Crippen LogP contribution in [0.5, 0.6) is 0 Å². The first-order chi connectivity index (χ1) is 10.6. The molecule has 0 aromatic heterocycles. The molecule has 0 aliphatic rings. The van der Waals surface area contributed by atoms with Gasteiger partial charge in [0.25, 0.3) is 0 Å². The predicted octanol–water partition coefficient (Wildman–Crippen LogP) is 6.62. The summed E-state index contributed by atoms with van der Waals surface area (Å²) in [6, 6.07) is 0. The van der Waals surface area contributed by atoms with Crippen LogP contribution in [0.15, 0.2) is 0 Å². The summed E-state index contributed by atoms with van der Waals surface area (Å²) in [5.41, 5.74) is 0. The van der Waals surface area contributed by atoms with Crippen molar-refractivity contribution in [3.8, 4) is 0 Å². The topological polar surface area (TPSA) is 34.7 Å². The molecule has 0 saturated carbocycles. The van der Waals surface area contributed by atoms with E-state index < -0.39 is 0 Å². The van der Waals surface area contributed by atoms with E-state index in [4.69, 9.17) is 0 Å². The fourth-order valence-electron chi connectivity index (χ4n) is 2.62. The number of nitrogens with zero attached hydrogens (tertiary/aromatic N) is 1. The third-order valence-electron chi connectivity index (χ3n) is 3.96. The van der Waals surface area contributed by atoms with Crippen molar-refractivity contribution in [2.45, 2.75) is 117 Å². The van der Waals surface area contributed by atoms with E-state index in [1.807, 2.05) is 26.0 Å². The lowest BCUT2D eigenvalue weighted by molar-refractivity contribution is 0.505. The van der Waals surface area contributed by atoms with Crippen LogP contribution in [0.3, 0.4) is 0 Å². The Labute approximate surface area is 148 Å². The van der Waals surface area contributed by atoms with Crippen molar-refractivity contribution in [3.05, 3.63) is 0 Å². The maximum Gasteiger partial charge on any atom is -0.0140 e. The molecule has 0 aliphatic carbocycles. The Morgan fingerprint density at radius 2 is 0.522 bits per heavy atom. The minimum atomic E-state index is 0. The van der Waals surface area contributed by atoms with Gasteiger partial charge in [0.15, 0.2) is 0 Å². The zero-order chi connectivity index (χ0) is 16.9. The van der Waals surface area contributed by atoms with Gasteiger partial charge in [-0.2, -0.15) is 0 Å². The lowest BCUT2D eigenvalue weighted by Gasteiger charge is -2.03. The first kappa shape index (κ1) is 27.8. The van der Waals surface area contributed by atoms with E-state index in [1.54, 1.807) is 0 Å². The lowest BCUT2D eigenvalue weighted by Crippen LogP contribution is -1.99. The molecule has 0 rings (SSSR count). The van der Waals surface area contributed by atoms with Crippen LogP contribution < -0.4 is 0 Å². The fourth-order valence-corrected chi connectivity index (χ4v) is 2.62. The number of unbranched alkanes of at least 4 members (excludes halogenated alkanes) is 15. The summed E-state index contributed by atoms with van der Waals surface area (Å²) in [6.45, 7) is 4.59. The quantitative estimate of drug-likeness (QED) is 0.310. The second-order valence-electron chi connectivity index (χ2n) is 7.29. The highest BCUT2D eigenvalue weighted by atomic mass is 16.0. The Bertz CT molecular complexity index is 152. The van der Waals surface area contributed by atoms with Gasteiger partial charge in [0.2, 0.25) is 0 Å². The molecule has 0 radical (unpaired) electrons. The molecule has 2 heteroatoms. The molecule has 144 valence electrons. The molecular formula is C21H49NO. The monoisotopic (exact) mass is 331 g/mol. The summed E-state index contributed by atoms with van der Waals surface area (Å²) >= 11 is 0. The average molecular weight is 332 g/mol. The van der Waals surface area contributed by atoms with Gasteiger partial charge in [-0.3, -0.25) is 0 Å². The Balaban J connectivity index is -0.000000712. The molecule has 23 heavy (non-hydrogen) atoms. The molecule has 0 unspecified atom stereocenters. The second-order valence-corrected chi connectivity index (χ2v) is 7.29. The molecule has 0 amide bonds. The molecule has 0 spiro atoms. The van der Waals surface area contributed by atoms with Crippen molar-refractivity contribution in [1.29, 1.82) is 0 Å². The molecule has 0 atom stereocenters. The van der Waals surface area contributed by atoms with E-state index in [2.05, 4.69) is 13.8 Å². The molecule has 2 N–H and O–H groups in total. The summed E-state index contributed by atoms with van der Waals surface area (Å²) < 4.78 is 0. The van der Waals surface area contributed by atoms with Crippen molar-refractivity contribution < 1.29 is 5.48 Å². The molecule has 0 aromatic carbocycles. The maximum absolute atomic E-state index is 2.29. The van der Waals surface area contributed by atoms with Gasteiger partial charge < -0.3 is 10.4 Å². The Hall–Kier alpha value is -0.0800. The van der Waals surface area contributed by atoms with E-state index in [9.17, 15) is 0 Å². The first-order valence-electron chi connectivity index (χ1n) is 10.3. The minimum absolute atomic E-state index is 0. The zero-order valence-electron chi connectivity index (χ0n) is 17.3. The summed E-state index contributed by atoms with van der Waals surface area (Å²) in [5.74, 6) is 0. The first-order valence-corrected chi connectivity index (χ1v) is 10.3. The number of hydrogen-bond acceptors (Lipinski definition) is 1. The van der Waals surface area contributed by atoms with Crippen molar-refractivity contribution in [2.75, 3.05) is 21.1 Å². The van der Waals surface area contributed by atoms with Crippen LogP contribution in [0, 0.1) is 0 Å². The summed E-state index contributed by atoms with van der Waals surface area (Å²) in [5, 5.41) is 0. The largest absolute Gasteiger partial charge is 0.412 e. The maximum atomic E-state index is 2.29. The van der Waals surface area contributed by atoms with Crippen molar-refractivity contribution in [3.63, 3.8) is 0 Å². The lowest BCUT2D eigenvalue weighted by atomic mass is 10.0. The van der Waals surface area contributed by atoms with E-state index in [0.29, 0.717) is 0 Å². The third-order valence-corrected chi connectivity index (χ3v) is 3.96. The molecule has 2 nitrogen and oxygen atoms in total. The van der Waals surface area contributed by atoms with Gasteiger partial charge in [-0.1, -0.05) is 117 Å². The summed E-state index contributed by atoms with van der Waals surface area (Å²) in [4.78, 5) is 2.00. The Morgan fingerprint density at radius 3 is 0.652 bits per heavy atom. The second kappa shape index (κ2) is 26.8. The van der Waals surface area contributed by atoms with Crippen LogP contribution in [0.4, 0.5) is 0 Å². The highest BCUT2D eigenvalue weighted by Gasteiger charge is 1.93. The van der Waals surface area contributed by atoms with Gasteiger partial charge in [0, 0.05) is 0 Å². The minimum Gasteiger partial charge on any atom is -0.412 e. The van der Waals surface area contributed by atoms with E-state index >= 15 is 0 Å². The van der Waals surface area contributed by atoms with Gasteiger partial charge in [-0.05, 0) is 21.1 Å². The van der Waals surface area contributed by atoms with Crippen LogP contribution in [0.1, 0.15) is 117 Å². The Kier molecular flexibility index (Phi) is 32.3. The van der Waals surface area contributed by atoms with Gasteiger partial charge in [-0.25, -0.2) is 0 Å². The smallest absolute Gasteiger partial charge is 0.0140 e. The van der Waals surface area contributed by atoms with E-state index in [1.165, 1.54) is 103 Å². The van der Waals surface area contributed by atoms with Crippen molar-refractivity contribution in [1.82, 2.24) is 4.90 Å². The highest BCUT2D eigenvalue weighted by molar-refractivity contribution is 4.49. The number of hydrogen-bond donors (Lipinski definition) is 0. The van der Waals surface area contributed by atoms with Crippen LogP contribution >= 0.6 is 0 Å². The van der Waals surface area contributed by atoms with Gasteiger partial charge in [-0.15, -0.1) is 0 Å².